The minimum absolute atomic E-state index is 0.0502. The number of amides is 1. The van der Waals surface area contributed by atoms with Crippen LogP contribution in [0.5, 0.6) is 0 Å². The fourth-order valence-corrected chi connectivity index (χ4v) is 3.34. The van der Waals surface area contributed by atoms with Gasteiger partial charge in [-0.1, -0.05) is 6.42 Å². The average Bonchev–Trinajstić information content (AvgIpc) is 2.54. The number of nitrogens with two attached hydrogens (primary N) is 1. The predicted octanol–water partition coefficient (Wildman–Crippen LogP) is 0.211. The average molecular weight is 297 g/mol. The number of rotatable bonds is 4. The number of hydrogen-bond donors (Lipinski definition) is 1. The zero-order valence-corrected chi connectivity index (χ0v) is 12.9. The second-order valence-electron chi connectivity index (χ2n) is 6.03. The van der Waals surface area contributed by atoms with Gasteiger partial charge >= 0.3 is 5.97 Å². The Bertz CT molecular complexity index is 367. The molecule has 2 rings (SSSR count). The molecule has 0 aromatic rings. The minimum Gasteiger partial charge on any atom is -0.469 e. The first kappa shape index (κ1) is 16.2. The second kappa shape index (κ2) is 7.75. The van der Waals surface area contributed by atoms with Gasteiger partial charge in [-0.15, -0.1) is 0 Å². The maximum Gasteiger partial charge on any atom is 0.308 e. The van der Waals surface area contributed by atoms with E-state index in [9.17, 15) is 9.59 Å². The highest BCUT2D eigenvalue weighted by atomic mass is 16.5. The van der Waals surface area contributed by atoms with Crippen molar-refractivity contribution in [2.45, 2.75) is 38.1 Å². The molecule has 0 aromatic carbocycles. The standard InChI is InChI=1S/C15H27N3O3/c1-21-15(20)12-5-8-17(9-6-12)14(19)11-18-7-3-2-4-13(18)10-16/h12-13H,2-11,16H2,1H3. The van der Waals surface area contributed by atoms with E-state index in [1.54, 1.807) is 0 Å². The van der Waals surface area contributed by atoms with Gasteiger partial charge in [0.2, 0.25) is 5.91 Å². The Balaban J connectivity index is 1.80. The van der Waals surface area contributed by atoms with Crippen LogP contribution in [0.15, 0.2) is 0 Å². The van der Waals surface area contributed by atoms with Crippen molar-refractivity contribution in [2.75, 3.05) is 39.8 Å². The van der Waals surface area contributed by atoms with Crippen molar-refractivity contribution in [3.05, 3.63) is 0 Å². The topological polar surface area (TPSA) is 75.9 Å². The number of carbonyl (C=O) groups is 2. The molecule has 2 saturated heterocycles. The number of piperidine rings is 2. The predicted molar refractivity (Wildman–Crippen MR) is 79.6 cm³/mol. The maximum absolute atomic E-state index is 12.4. The molecule has 2 N–H and O–H groups in total. The van der Waals surface area contributed by atoms with Gasteiger partial charge in [0.05, 0.1) is 19.6 Å². The summed E-state index contributed by atoms with van der Waals surface area (Å²) in [5.74, 6) is -0.0363. The van der Waals surface area contributed by atoms with Gasteiger partial charge in [-0.05, 0) is 32.2 Å². The molecule has 0 spiro atoms. The van der Waals surface area contributed by atoms with Gasteiger partial charge in [0, 0.05) is 25.7 Å². The summed E-state index contributed by atoms with van der Waals surface area (Å²) in [7, 11) is 1.42. The molecule has 0 radical (unpaired) electrons. The first-order valence-corrected chi connectivity index (χ1v) is 7.95. The van der Waals surface area contributed by atoms with Crippen molar-refractivity contribution in [2.24, 2.45) is 11.7 Å². The zero-order valence-electron chi connectivity index (χ0n) is 12.9. The van der Waals surface area contributed by atoms with E-state index in [1.165, 1.54) is 13.5 Å². The Morgan fingerprint density at radius 2 is 1.86 bits per heavy atom. The monoisotopic (exact) mass is 297 g/mol. The smallest absolute Gasteiger partial charge is 0.308 e. The number of esters is 1. The fraction of sp³-hybridized carbons (Fsp3) is 0.867. The van der Waals surface area contributed by atoms with Crippen LogP contribution >= 0.6 is 0 Å². The van der Waals surface area contributed by atoms with Crippen LogP contribution in [-0.4, -0.2) is 67.6 Å². The normalized spacial score (nSPS) is 24.9. The number of nitrogens with zero attached hydrogens (tertiary/aromatic N) is 2. The van der Waals surface area contributed by atoms with Crippen LogP contribution in [-0.2, 0) is 14.3 Å². The van der Waals surface area contributed by atoms with Crippen LogP contribution in [0.3, 0.4) is 0 Å². The van der Waals surface area contributed by atoms with E-state index in [4.69, 9.17) is 10.5 Å². The molecular weight excluding hydrogens is 270 g/mol. The molecule has 0 aliphatic carbocycles. The van der Waals surface area contributed by atoms with Crippen molar-refractivity contribution in [1.82, 2.24) is 9.80 Å². The Kier molecular flexibility index (Phi) is 5.99. The molecule has 2 heterocycles. The van der Waals surface area contributed by atoms with Crippen molar-refractivity contribution < 1.29 is 14.3 Å². The van der Waals surface area contributed by atoms with E-state index in [1.807, 2.05) is 4.90 Å². The van der Waals surface area contributed by atoms with Gasteiger partial charge in [0.25, 0.3) is 0 Å². The van der Waals surface area contributed by atoms with Crippen molar-refractivity contribution in [1.29, 1.82) is 0 Å². The first-order valence-electron chi connectivity index (χ1n) is 7.95. The molecule has 0 aromatic heterocycles. The Labute approximate surface area is 126 Å². The molecule has 0 bridgehead atoms. The molecule has 1 unspecified atom stereocenters. The molecule has 2 aliphatic rings. The third-order valence-corrected chi connectivity index (χ3v) is 4.74. The number of ether oxygens (including phenoxy) is 1. The summed E-state index contributed by atoms with van der Waals surface area (Å²) in [4.78, 5) is 28.0. The number of hydrogen-bond acceptors (Lipinski definition) is 5. The highest BCUT2D eigenvalue weighted by Gasteiger charge is 2.30. The van der Waals surface area contributed by atoms with E-state index in [0.29, 0.717) is 45.1 Å². The molecular formula is C15H27N3O3. The molecule has 2 aliphatic heterocycles. The van der Waals surface area contributed by atoms with Gasteiger partial charge in [0.15, 0.2) is 0 Å². The summed E-state index contributed by atoms with van der Waals surface area (Å²) < 4.78 is 4.77. The molecule has 2 fully saturated rings. The van der Waals surface area contributed by atoms with Gasteiger partial charge in [-0.25, -0.2) is 0 Å². The number of methoxy groups -OCH3 is 1. The summed E-state index contributed by atoms with van der Waals surface area (Å²) in [5.41, 5.74) is 5.80. The minimum atomic E-state index is -0.152. The third kappa shape index (κ3) is 4.17. The quantitative estimate of drug-likeness (QED) is 0.751. The lowest BCUT2D eigenvalue weighted by Crippen LogP contribution is -2.50. The number of likely N-dealkylation sites (tertiary alicyclic amines) is 2. The summed E-state index contributed by atoms with van der Waals surface area (Å²) in [5, 5.41) is 0. The Hall–Kier alpha value is -1.14. The second-order valence-corrected chi connectivity index (χ2v) is 6.03. The molecule has 1 amide bonds. The summed E-state index contributed by atoms with van der Waals surface area (Å²) in [6, 6.07) is 0.343. The summed E-state index contributed by atoms with van der Waals surface area (Å²) >= 11 is 0. The SMILES string of the molecule is COC(=O)C1CCN(C(=O)CN2CCCCC2CN)CC1. The van der Waals surface area contributed by atoms with Gasteiger partial charge in [-0.3, -0.25) is 14.5 Å². The van der Waals surface area contributed by atoms with E-state index < -0.39 is 0 Å². The third-order valence-electron chi connectivity index (χ3n) is 4.74. The lowest BCUT2D eigenvalue weighted by Gasteiger charge is -2.37. The van der Waals surface area contributed by atoms with E-state index >= 15 is 0 Å². The van der Waals surface area contributed by atoms with Crippen LogP contribution in [0.1, 0.15) is 32.1 Å². The number of carbonyl (C=O) groups excluding carboxylic acids is 2. The van der Waals surface area contributed by atoms with Crippen LogP contribution < -0.4 is 5.73 Å². The van der Waals surface area contributed by atoms with Crippen LogP contribution in [0.4, 0.5) is 0 Å². The molecule has 6 heteroatoms. The van der Waals surface area contributed by atoms with E-state index in [2.05, 4.69) is 4.90 Å². The van der Waals surface area contributed by atoms with Crippen LogP contribution in [0, 0.1) is 5.92 Å². The molecule has 21 heavy (non-hydrogen) atoms. The molecule has 6 nitrogen and oxygen atoms in total. The summed E-state index contributed by atoms with van der Waals surface area (Å²) in [6.07, 6.45) is 4.86. The highest BCUT2D eigenvalue weighted by Crippen LogP contribution is 2.20. The summed E-state index contributed by atoms with van der Waals surface area (Å²) in [6.45, 7) is 3.36. The first-order chi connectivity index (χ1) is 10.2. The van der Waals surface area contributed by atoms with Gasteiger partial charge < -0.3 is 15.4 Å². The van der Waals surface area contributed by atoms with Crippen molar-refractivity contribution in [3.8, 4) is 0 Å². The van der Waals surface area contributed by atoms with Gasteiger partial charge in [-0.2, -0.15) is 0 Å². The van der Waals surface area contributed by atoms with Gasteiger partial charge in [0.1, 0.15) is 0 Å². The largest absolute Gasteiger partial charge is 0.469 e. The van der Waals surface area contributed by atoms with Crippen molar-refractivity contribution in [3.63, 3.8) is 0 Å². The van der Waals surface area contributed by atoms with Crippen molar-refractivity contribution >= 4 is 11.9 Å². The Morgan fingerprint density at radius 3 is 2.48 bits per heavy atom. The fourth-order valence-electron chi connectivity index (χ4n) is 3.34. The van der Waals surface area contributed by atoms with Crippen LogP contribution in [0.2, 0.25) is 0 Å². The lowest BCUT2D eigenvalue weighted by molar-refractivity contribution is -0.149. The maximum atomic E-state index is 12.4. The van der Waals surface area contributed by atoms with E-state index in [0.717, 1.165) is 19.4 Å². The molecule has 0 saturated carbocycles. The Morgan fingerprint density at radius 1 is 1.14 bits per heavy atom. The lowest BCUT2D eigenvalue weighted by atomic mass is 9.97. The molecule has 120 valence electrons. The zero-order chi connectivity index (χ0) is 15.2. The highest BCUT2D eigenvalue weighted by molar-refractivity contribution is 5.79. The molecule has 1 atom stereocenters. The van der Waals surface area contributed by atoms with Crippen LogP contribution in [0.25, 0.3) is 0 Å². The van der Waals surface area contributed by atoms with E-state index in [-0.39, 0.29) is 17.8 Å².